The van der Waals surface area contributed by atoms with Crippen LogP contribution in [0.25, 0.3) is 0 Å². The van der Waals surface area contributed by atoms with Crippen LogP contribution in [0.5, 0.6) is 0 Å². The highest BCUT2D eigenvalue weighted by molar-refractivity contribution is 5.68. The molecule has 1 rings (SSSR count). The Balaban J connectivity index is 2.74. The minimum atomic E-state index is -0.972. The SMILES string of the molecule is Nn1ncnc1CC(=O)O. The van der Waals surface area contributed by atoms with E-state index in [1.165, 1.54) is 6.33 Å². The number of aliphatic carboxylic acids is 1. The van der Waals surface area contributed by atoms with Gasteiger partial charge >= 0.3 is 5.97 Å². The molecule has 0 atom stereocenters. The second-order valence-corrected chi connectivity index (χ2v) is 1.69. The molecular weight excluding hydrogens is 136 g/mol. The van der Waals surface area contributed by atoms with Crippen molar-refractivity contribution in [1.29, 1.82) is 0 Å². The smallest absolute Gasteiger partial charge is 0.311 e. The predicted molar refractivity (Wildman–Crippen MR) is 31.5 cm³/mol. The highest BCUT2D eigenvalue weighted by Crippen LogP contribution is 1.88. The summed E-state index contributed by atoms with van der Waals surface area (Å²) in [5, 5.41) is 11.8. The molecule has 0 aliphatic rings. The van der Waals surface area contributed by atoms with Gasteiger partial charge in [0.2, 0.25) is 0 Å². The molecule has 0 amide bonds. The summed E-state index contributed by atoms with van der Waals surface area (Å²) in [5.41, 5.74) is 0. The van der Waals surface area contributed by atoms with Crippen molar-refractivity contribution in [2.45, 2.75) is 6.42 Å². The molecule has 6 nitrogen and oxygen atoms in total. The summed E-state index contributed by atoms with van der Waals surface area (Å²) < 4.78 is 0. The molecule has 0 spiro atoms. The van der Waals surface area contributed by atoms with Crippen LogP contribution >= 0.6 is 0 Å². The predicted octanol–water partition coefficient (Wildman–Crippen LogP) is -1.38. The van der Waals surface area contributed by atoms with Crippen LogP contribution in [0.3, 0.4) is 0 Å². The topological polar surface area (TPSA) is 94.0 Å². The molecule has 0 aromatic carbocycles. The first-order valence-corrected chi connectivity index (χ1v) is 2.56. The van der Waals surface area contributed by atoms with Gasteiger partial charge in [0.1, 0.15) is 12.7 Å². The minimum absolute atomic E-state index is 0.198. The number of nitrogens with zero attached hydrogens (tertiary/aromatic N) is 3. The number of aromatic nitrogens is 3. The lowest BCUT2D eigenvalue weighted by Crippen LogP contribution is -2.17. The first kappa shape index (κ1) is 6.53. The number of carbonyl (C=O) groups is 1. The van der Waals surface area contributed by atoms with E-state index in [1.54, 1.807) is 0 Å². The van der Waals surface area contributed by atoms with Crippen molar-refractivity contribution in [3.8, 4) is 0 Å². The molecule has 0 radical (unpaired) electrons. The van der Waals surface area contributed by atoms with E-state index in [0.29, 0.717) is 0 Å². The van der Waals surface area contributed by atoms with Crippen LogP contribution < -0.4 is 5.84 Å². The third-order valence-electron chi connectivity index (χ3n) is 0.957. The molecule has 1 heterocycles. The number of nitrogen functional groups attached to an aromatic ring is 1. The minimum Gasteiger partial charge on any atom is -0.481 e. The maximum absolute atomic E-state index is 10.1. The van der Waals surface area contributed by atoms with Gasteiger partial charge in [0, 0.05) is 0 Å². The average Bonchev–Trinajstić information content (AvgIpc) is 2.15. The van der Waals surface area contributed by atoms with Crippen LogP contribution in [0, 0.1) is 0 Å². The number of carboxylic acids is 1. The number of rotatable bonds is 2. The molecular formula is C4H6N4O2. The summed E-state index contributed by atoms with van der Waals surface area (Å²) in [7, 11) is 0. The Bertz CT molecular complexity index is 243. The van der Waals surface area contributed by atoms with E-state index in [1.807, 2.05) is 0 Å². The zero-order chi connectivity index (χ0) is 7.56. The Labute approximate surface area is 56.3 Å². The van der Waals surface area contributed by atoms with Gasteiger partial charge in [0.25, 0.3) is 0 Å². The molecule has 0 saturated heterocycles. The molecule has 0 aliphatic heterocycles. The average molecular weight is 142 g/mol. The zero-order valence-electron chi connectivity index (χ0n) is 5.06. The second-order valence-electron chi connectivity index (χ2n) is 1.69. The lowest BCUT2D eigenvalue weighted by atomic mass is 10.4. The normalized spacial score (nSPS) is 9.60. The van der Waals surface area contributed by atoms with Crippen molar-refractivity contribution in [3.63, 3.8) is 0 Å². The number of nitrogens with two attached hydrogens (primary N) is 1. The molecule has 3 N–H and O–H groups in total. The molecule has 0 fully saturated rings. The van der Waals surface area contributed by atoms with Gasteiger partial charge in [-0.05, 0) is 0 Å². The third-order valence-corrected chi connectivity index (χ3v) is 0.957. The van der Waals surface area contributed by atoms with E-state index >= 15 is 0 Å². The Morgan fingerprint density at radius 1 is 1.90 bits per heavy atom. The standard InChI is InChI=1S/C4H6N4O2/c5-8-3(1-4(9)10)6-2-7-8/h2H,1,5H2,(H,9,10). The van der Waals surface area contributed by atoms with E-state index in [-0.39, 0.29) is 12.2 Å². The highest BCUT2D eigenvalue weighted by atomic mass is 16.4. The van der Waals surface area contributed by atoms with Crippen LogP contribution in [-0.2, 0) is 11.2 Å². The molecule has 54 valence electrons. The summed E-state index contributed by atoms with van der Waals surface area (Å²) in [6, 6.07) is 0. The number of carboxylic acid groups (broad SMARTS) is 1. The van der Waals surface area contributed by atoms with Gasteiger partial charge in [-0.15, -0.1) is 5.10 Å². The summed E-state index contributed by atoms with van der Waals surface area (Å²) in [6.07, 6.45) is 1.01. The molecule has 0 unspecified atom stereocenters. The first-order valence-electron chi connectivity index (χ1n) is 2.56. The van der Waals surface area contributed by atoms with Crippen LogP contribution in [0.4, 0.5) is 0 Å². The molecule has 0 saturated carbocycles. The fraction of sp³-hybridized carbons (Fsp3) is 0.250. The maximum Gasteiger partial charge on any atom is 0.311 e. The Hall–Kier alpha value is -1.59. The van der Waals surface area contributed by atoms with Crippen LogP contribution in [0.2, 0.25) is 0 Å². The van der Waals surface area contributed by atoms with Gasteiger partial charge in [-0.25, -0.2) is 4.98 Å². The van der Waals surface area contributed by atoms with E-state index in [2.05, 4.69) is 10.1 Å². The molecule has 1 aromatic heterocycles. The quantitative estimate of drug-likeness (QED) is 0.496. The van der Waals surface area contributed by atoms with E-state index in [4.69, 9.17) is 10.9 Å². The molecule has 0 aliphatic carbocycles. The molecule has 10 heavy (non-hydrogen) atoms. The van der Waals surface area contributed by atoms with E-state index in [9.17, 15) is 4.79 Å². The fourth-order valence-corrected chi connectivity index (χ4v) is 0.536. The summed E-state index contributed by atoms with van der Waals surface area (Å²) in [4.78, 5) is 14.6. The van der Waals surface area contributed by atoms with Gasteiger partial charge in [0.05, 0.1) is 0 Å². The van der Waals surface area contributed by atoms with Crippen LogP contribution in [-0.4, -0.2) is 25.9 Å². The monoisotopic (exact) mass is 142 g/mol. The van der Waals surface area contributed by atoms with Crippen LogP contribution in [0.15, 0.2) is 6.33 Å². The van der Waals surface area contributed by atoms with E-state index in [0.717, 1.165) is 4.79 Å². The lowest BCUT2D eigenvalue weighted by Gasteiger charge is -1.92. The van der Waals surface area contributed by atoms with Crippen molar-refractivity contribution < 1.29 is 9.90 Å². The second kappa shape index (κ2) is 2.34. The maximum atomic E-state index is 10.1. The van der Waals surface area contributed by atoms with Gasteiger partial charge in [-0.3, -0.25) is 4.79 Å². The van der Waals surface area contributed by atoms with Crippen molar-refractivity contribution >= 4 is 5.97 Å². The Kier molecular flexibility index (Phi) is 1.53. The summed E-state index contributed by atoms with van der Waals surface area (Å²) in [6.45, 7) is 0. The van der Waals surface area contributed by atoms with Crippen molar-refractivity contribution in [3.05, 3.63) is 12.2 Å². The molecule has 1 aromatic rings. The van der Waals surface area contributed by atoms with Crippen molar-refractivity contribution in [2.24, 2.45) is 0 Å². The Morgan fingerprint density at radius 3 is 3.00 bits per heavy atom. The molecule has 6 heteroatoms. The number of hydrogen-bond donors (Lipinski definition) is 2. The first-order chi connectivity index (χ1) is 4.70. The van der Waals surface area contributed by atoms with Crippen LogP contribution in [0.1, 0.15) is 5.82 Å². The van der Waals surface area contributed by atoms with Crippen molar-refractivity contribution in [2.75, 3.05) is 5.84 Å². The third kappa shape index (κ3) is 1.22. The largest absolute Gasteiger partial charge is 0.481 e. The summed E-state index contributed by atoms with van der Waals surface area (Å²) >= 11 is 0. The lowest BCUT2D eigenvalue weighted by molar-refractivity contribution is -0.136. The van der Waals surface area contributed by atoms with E-state index < -0.39 is 5.97 Å². The number of hydrogen-bond acceptors (Lipinski definition) is 4. The Morgan fingerprint density at radius 2 is 2.60 bits per heavy atom. The van der Waals surface area contributed by atoms with Crippen molar-refractivity contribution in [1.82, 2.24) is 14.9 Å². The van der Waals surface area contributed by atoms with Gasteiger partial charge in [-0.1, -0.05) is 0 Å². The highest BCUT2D eigenvalue weighted by Gasteiger charge is 2.05. The molecule has 0 bridgehead atoms. The summed E-state index contributed by atoms with van der Waals surface area (Å²) in [5.74, 6) is 4.44. The zero-order valence-corrected chi connectivity index (χ0v) is 5.06. The van der Waals surface area contributed by atoms with Gasteiger partial charge < -0.3 is 10.9 Å². The van der Waals surface area contributed by atoms with Gasteiger partial charge in [-0.2, -0.15) is 4.79 Å². The van der Waals surface area contributed by atoms with Gasteiger partial charge in [0.15, 0.2) is 5.82 Å². The fourth-order valence-electron chi connectivity index (χ4n) is 0.536.